The molecule has 1 aromatic heterocycles. The highest BCUT2D eigenvalue weighted by molar-refractivity contribution is 5.05. The molecule has 0 saturated heterocycles. The predicted octanol–water partition coefficient (Wildman–Crippen LogP) is 3.43. The van der Waals surface area contributed by atoms with Crippen LogP contribution >= 0.6 is 0 Å². The summed E-state index contributed by atoms with van der Waals surface area (Å²) in [6.07, 6.45) is 5.31. The molecule has 0 aromatic carbocycles. The van der Waals surface area contributed by atoms with Gasteiger partial charge in [0.2, 0.25) is 0 Å². The second-order valence-electron chi connectivity index (χ2n) is 5.72. The molecule has 0 radical (unpaired) electrons. The van der Waals surface area contributed by atoms with Gasteiger partial charge in [0, 0.05) is 17.9 Å². The highest BCUT2D eigenvalue weighted by Gasteiger charge is 2.21. The molecule has 0 saturated carbocycles. The normalized spacial score (nSPS) is 13.6. The van der Waals surface area contributed by atoms with E-state index in [1.807, 2.05) is 12.3 Å². The van der Waals surface area contributed by atoms with E-state index in [9.17, 15) is 0 Å². The lowest BCUT2D eigenvalue weighted by Crippen LogP contribution is -2.32. The zero-order chi connectivity index (χ0) is 12.7. The van der Waals surface area contributed by atoms with Crippen molar-refractivity contribution in [1.29, 1.82) is 0 Å². The third-order valence-corrected chi connectivity index (χ3v) is 2.99. The van der Waals surface area contributed by atoms with Crippen molar-refractivity contribution in [2.45, 2.75) is 53.0 Å². The number of pyridine rings is 1. The second-order valence-corrected chi connectivity index (χ2v) is 5.72. The van der Waals surface area contributed by atoms with Crippen molar-refractivity contribution >= 4 is 0 Å². The molecule has 2 nitrogen and oxygen atoms in total. The fourth-order valence-corrected chi connectivity index (χ4v) is 2.36. The highest BCUT2D eigenvalue weighted by atomic mass is 14.9. The third-order valence-electron chi connectivity index (χ3n) is 2.99. The van der Waals surface area contributed by atoms with Gasteiger partial charge in [-0.1, -0.05) is 26.8 Å². The van der Waals surface area contributed by atoms with E-state index >= 15 is 0 Å². The average molecular weight is 234 g/mol. The van der Waals surface area contributed by atoms with Crippen LogP contribution in [-0.4, -0.2) is 17.6 Å². The molecule has 17 heavy (non-hydrogen) atoms. The summed E-state index contributed by atoms with van der Waals surface area (Å²) in [6, 6.07) is 6.74. The molecule has 1 heterocycles. The average Bonchev–Trinajstić information content (AvgIpc) is 2.26. The van der Waals surface area contributed by atoms with Gasteiger partial charge in [0.05, 0.1) is 0 Å². The maximum absolute atomic E-state index is 4.41. The Morgan fingerprint density at radius 1 is 1.35 bits per heavy atom. The molecule has 1 unspecified atom stereocenters. The lowest BCUT2D eigenvalue weighted by Gasteiger charge is -2.28. The van der Waals surface area contributed by atoms with Gasteiger partial charge in [-0.15, -0.1) is 0 Å². The van der Waals surface area contributed by atoms with Gasteiger partial charge < -0.3 is 5.32 Å². The summed E-state index contributed by atoms with van der Waals surface area (Å²) in [5.74, 6) is 0. The molecule has 1 atom stereocenters. The molecular weight excluding hydrogens is 208 g/mol. The first-order valence-corrected chi connectivity index (χ1v) is 6.67. The standard InChI is InChI=1S/C15H26N2/c1-5-9-16-13(2)11-15(3,4)12-14-8-6-7-10-17-14/h6-8,10,13,16H,5,9,11-12H2,1-4H3. The maximum Gasteiger partial charge on any atom is 0.0408 e. The van der Waals surface area contributed by atoms with Crippen LogP contribution in [0.2, 0.25) is 0 Å². The molecule has 2 heteroatoms. The zero-order valence-electron chi connectivity index (χ0n) is 11.7. The summed E-state index contributed by atoms with van der Waals surface area (Å²) >= 11 is 0. The van der Waals surface area contributed by atoms with E-state index < -0.39 is 0 Å². The Morgan fingerprint density at radius 3 is 2.71 bits per heavy atom. The first kappa shape index (κ1) is 14.2. The van der Waals surface area contributed by atoms with Gasteiger partial charge in [0.15, 0.2) is 0 Å². The van der Waals surface area contributed by atoms with E-state index in [2.05, 4.69) is 50.1 Å². The Balaban J connectivity index is 2.45. The molecule has 0 bridgehead atoms. The third kappa shape index (κ3) is 5.83. The predicted molar refractivity (Wildman–Crippen MR) is 74.1 cm³/mol. The van der Waals surface area contributed by atoms with Crippen LogP contribution in [0, 0.1) is 5.41 Å². The van der Waals surface area contributed by atoms with E-state index in [0.29, 0.717) is 11.5 Å². The van der Waals surface area contributed by atoms with Crippen LogP contribution in [0.15, 0.2) is 24.4 Å². The summed E-state index contributed by atoms with van der Waals surface area (Å²) in [4.78, 5) is 4.41. The minimum Gasteiger partial charge on any atom is -0.314 e. The molecule has 0 amide bonds. The summed E-state index contributed by atoms with van der Waals surface area (Å²) in [5, 5.41) is 3.55. The monoisotopic (exact) mass is 234 g/mol. The van der Waals surface area contributed by atoms with Crippen molar-refractivity contribution in [3.63, 3.8) is 0 Å². The van der Waals surface area contributed by atoms with Gasteiger partial charge in [-0.3, -0.25) is 4.98 Å². The number of hydrogen-bond acceptors (Lipinski definition) is 2. The van der Waals surface area contributed by atoms with Crippen molar-refractivity contribution in [2.24, 2.45) is 5.41 Å². The molecule has 1 rings (SSSR count). The molecule has 0 aliphatic heterocycles. The van der Waals surface area contributed by atoms with Crippen molar-refractivity contribution in [2.75, 3.05) is 6.54 Å². The Labute approximate surface area is 106 Å². The van der Waals surface area contributed by atoms with Crippen LogP contribution < -0.4 is 5.32 Å². The summed E-state index contributed by atoms with van der Waals surface area (Å²) in [5.41, 5.74) is 1.49. The molecule has 96 valence electrons. The van der Waals surface area contributed by atoms with Gasteiger partial charge in [0.25, 0.3) is 0 Å². The van der Waals surface area contributed by atoms with Crippen molar-refractivity contribution in [1.82, 2.24) is 10.3 Å². The summed E-state index contributed by atoms with van der Waals surface area (Å²) < 4.78 is 0. The molecule has 1 aromatic rings. The SMILES string of the molecule is CCCNC(C)CC(C)(C)Cc1ccccn1. The quantitative estimate of drug-likeness (QED) is 0.782. The Kier molecular flexibility index (Phi) is 5.63. The van der Waals surface area contributed by atoms with Crippen LogP contribution in [0.3, 0.4) is 0 Å². The number of nitrogens with zero attached hydrogens (tertiary/aromatic N) is 1. The van der Waals surface area contributed by atoms with E-state index in [0.717, 1.165) is 13.0 Å². The first-order valence-electron chi connectivity index (χ1n) is 6.67. The molecule has 0 aliphatic rings. The Morgan fingerprint density at radius 2 is 2.12 bits per heavy atom. The first-order chi connectivity index (χ1) is 8.03. The van der Waals surface area contributed by atoms with E-state index in [1.165, 1.54) is 18.5 Å². The molecular formula is C15H26N2. The lowest BCUT2D eigenvalue weighted by atomic mass is 9.81. The molecule has 0 fully saturated rings. The molecule has 1 N–H and O–H groups in total. The van der Waals surface area contributed by atoms with Crippen LogP contribution in [0.4, 0.5) is 0 Å². The van der Waals surface area contributed by atoms with Gasteiger partial charge >= 0.3 is 0 Å². The van der Waals surface area contributed by atoms with Crippen LogP contribution in [0.5, 0.6) is 0 Å². The smallest absolute Gasteiger partial charge is 0.0408 e. The fraction of sp³-hybridized carbons (Fsp3) is 0.667. The molecule has 0 spiro atoms. The minimum atomic E-state index is 0.300. The van der Waals surface area contributed by atoms with Crippen LogP contribution in [-0.2, 0) is 6.42 Å². The Hall–Kier alpha value is -0.890. The lowest BCUT2D eigenvalue weighted by molar-refractivity contribution is 0.284. The van der Waals surface area contributed by atoms with Crippen molar-refractivity contribution in [3.05, 3.63) is 30.1 Å². The van der Waals surface area contributed by atoms with Gasteiger partial charge in [-0.05, 0) is 50.3 Å². The van der Waals surface area contributed by atoms with Gasteiger partial charge in [0.1, 0.15) is 0 Å². The minimum absolute atomic E-state index is 0.300. The number of nitrogens with one attached hydrogen (secondary N) is 1. The topological polar surface area (TPSA) is 24.9 Å². The van der Waals surface area contributed by atoms with Crippen molar-refractivity contribution < 1.29 is 0 Å². The Bertz CT molecular complexity index is 306. The van der Waals surface area contributed by atoms with Crippen molar-refractivity contribution in [3.8, 4) is 0 Å². The number of rotatable bonds is 7. The van der Waals surface area contributed by atoms with Gasteiger partial charge in [-0.25, -0.2) is 0 Å². The number of hydrogen-bond donors (Lipinski definition) is 1. The van der Waals surface area contributed by atoms with E-state index in [4.69, 9.17) is 0 Å². The second kappa shape index (κ2) is 6.75. The van der Waals surface area contributed by atoms with Crippen LogP contribution in [0.1, 0.15) is 46.2 Å². The number of aromatic nitrogens is 1. The van der Waals surface area contributed by atoms with Crippen LogP contribution in [0.25, 0.3) is 0 Å². The largest absolute Gasteiger partial charge is 0.314 e. The summed E-state index contributed by atoms with van der Waals surface area (Å²) in [7, 11) is 0. The van der Waals surface area contributed by atoms with Gasteiger partial charge in [-0.2, -0.15) is 0 Å². The molecule has 0 aliphatic carbocycles. The highest BCUT2D eigenvalue weighted by Crippen LogP contribution is 2.26. The zero-order valence-corrected chi connectivity index (χ0v) is 11.7. The van der Waals surface area contributed by atoms with E-state index in [1.54, 1.807) is 0 Å². The fourth-order valence-electron chi connectivity index (χ4n) is 2.36. The summed E-state index contributed by atoms with van der Waals surface area (Å²) in [6.45, 7) is 10.2. The maximum atomic E-state index is 4.41. The van der Waals surface area contributed by atoms with E-state index in [-0.39, 0.29) is 0 Å².